The molecule has 1 saturated heterocycles. The van der Waals surface area contributed by atoms with Crippen LogP contribution in [0.2, 0.25) is 0 Å². The molecule has 1 rings (SSSR count). The zero-order valence-electron chi connectivity index (χ0n) is 9.29. The summed E-state index contributed by atoms with van der Waals surface area (Å²) in [7, 11) is 0. The minimum absolute atomic E-state index is 0.324. The normalized spacial score (nSPS) is 25.7. The minimum Gasteiger partial charge on any atom is -0.444 e. The highest BCUT2D eigenvalue weighted by Crippen LogP contribution is 2.23. The van der Waals surface area contributed by atoms with Crippen molar-refractivity contribution in [3.8, 4) is 0 Å². The molecule has 1 heterocycles. The molecule has 0 spiro atoms. The SMILES string of the molecule is CC1OC1CCNC(=O)OC(C)(C)C. The van der Waals surface area contributed by atoms with Crippen molar-refractivity contribution in [3.63, 3.8) is 0 Å². The van der Waals surface area contributed by atoms with Crippen molar-refractivity contribution < 1.29 is 14.3 Å². The maximum absolute atomic E-state index is 11.2. The lowest BCUT2D eigenvalue weighted by molar-refractivity contribution is 0.0526. The second kappa shape index (κ2) is 4.17. The zero-order valence-corrected chi connectivity index (χ0v) is 9.29. The minimum atomic E-state index is -0.423. The van der Waals surface area contributed by atoms with Crippen LogP contribution in [0.15, 0.2) is 0 Å². The largest absolute Gasteiger partial charge is 0.444 e. The molecule has 1 N–H and O–H groups in total. The van der Waals surface area contributed by atoms with Crippen molar-refractivity contribution in [3.05, 3.63) is 0 Å². The fraction of sp³-hybridized carbons (Fsp3) is 0.900. The first-order valence-electron chi connectivity index (χ1n) is 5.01. The quantitative estimate of drug-likeness (QED) is 0.707. The molecule has 4 nitrogen and oxygen atoms in total. The Bertz CT molecular complexity index is 210. The van der Waals surface area contributed by atoms with Crippen molar-refractivity contribution >= 4 is 6.09 Å². The third-order valence-corrected chi connectivity index (χ3v) is 1.93. The van der Waals surface area contributed by atoms with Gasteiger partial charge >= 0.3 is 6.09 Å². The first-order valence-corrected chi connectivity index (χ1v) is 5.01. The molecule has 4 heteroatoms. The van der Waals surface area contributed by atoms with Gasteiger partial charge in [0.15, 0.2) is 0 Å². The van der Waals surface area contributed by atoms with Gasteiger partial charge in [-0.2, -0.15) is 0 Å². The van der Waals surface area contributed by atoms with Gasteiger partial charge in [0.05, 0.1) is 12.2 Å². The summed E-state index contributed by atoms with van der Waals surface area (Å²) in [5.74, 6) is 0. The number of hydrogen-bond donors (Lipinski definition) is 1. The van der Waals surface area contributed by atoms with E-state index in [0.717, 1.165) is 6.42 Å². The molecule has 0 aromatic rings. The van der Waals surface area contributed by atoms with E-state index in [4.69, 9.17) is 9.47 Å². The Hall–Kier alpha value is -0.770. The lowest BCUT2D eigenvalue weighted by Crippen LogP contribution is -2.33. The molecule has 1 amide bonds. The van der Waals surface area contributed by atoms with E-state index >= 15 is 0 Å². The third kappa shape index (κ3) is 4.46. The smallest absolute Gasteiger partial charge is 0.407 e. The molecular weight excluding hydrogens is 182 g/mol. The highest BCUT2D eigenvalue weighted by atomic mass is 16.6. The lowest BCUT2D eigenvalue weighted by atomic mass is 10.2. The van der Waals surface area contributed by atoms with Crippen molar-refractivity contribution in [2.75, 3.05) is 6.54 Å². The Kier molecular flexibility index (Phi) is 3.37. The van der Waals surface area contributed by atoms with E-state index in [9.17, 15) is 4.79 Å². The molecule has 0 aromatic heterocycles. The average molecular weight is 201 g/mol. The summed E-state index contributed by atoms with van der Waals surface area (Å²) < 4.78 is 10.3. The molecule has 0 aliphatic carbocycles. The van der Waals surface area contributed by atoms with E-state index in [1.165, 1.54) is 0 Å². The monoisotopic (exact) mass is 201 g/mol. The predicted molar refractivity (Wildman–Crippen MR) is 53.2 cm³/mol. The van der Waals surface area contributed by atoms with Crippen LogP contribution < -0.4 is 5.32 Å². The topological polar surface area (TPSA) is 50.9 Å². The van der Waals surface area contributed by atoms with E-state index in [2.05, 4.69) is 5.32 Å². The van der Waals surface area contributed by atoms with Gasteiger partial charge in [-0.15, -0.1) is 0 Å². The Balaban J connectivity index is 2.03. The number of nitrogens with one attached hydrogen (secondary N) is 1. The van der Waals surface area contributed by atoms with Crippen molar-refractivity contribution in [2.45, 2.75) is 51.9 Å². The summed E-state index contributed by atoms with van der Waals surface area (Å²) >= 11 is 0. The Morgan fingerprint density at radius 2 is 2.07 bits per heavy atom. The average Bonchev–Trinajstić information content (AvgIpc) is 2.62. The van der Waals surface area contributed by atoms with E-state index in [1.807, 2.05) is 27.7 Å². The number of epoxide rings is 1. The van der Waals surface area contributed by atoms with Gasteiger partial charge in [0.2, 0.25) is 0 Å². The van der Waals surface area contributed by atoms with E-state index < -0.39 is 5.60 Å². The number of rotatable bonds is 3. The summed E-state index contributed by atoms with van der Waals surface area (Å²) in [5.41, 5.74) is -0.423. The molecule has 0 aromatic carbocycles. The van der Waals surface area contributed by atoms with Gasteiger partial charge in [-0.1, -0.05) is 0 Å². The summed E-state index contributed by atoms with van der Waals surface area (Å²) in [5, 5.41) is 2.69. The Labute approximate surface area is 85.0 Å². The second-order valence-corrected chi connectivity index (χ2v) is 4.60. The second-order valence-electron chi connectivity index (χ2n) is 4.60. The molecule has 0 radical (unpaired) electrons. The first kappa shape index (κ1) is 11.3. The number of carbonyl (C=O) groups excluding carboxylic acids is 1. The van der Waals surface area contributed by atoms with Gasteiger partial charge in [0.1, 0.15) is 5.60 Å². The molecule has 1 aliphatic rings. The summed E-state index contributed by atoms with van der Waals surface area (Å²) in [4.78, 5) is 11.2. The van der Waals surface area contributed by atoms with Crippen molar-refractivity contribution in [1.82, 2.24) is 5.32 Å². The van der Waals surface area contributed by atoms with Crippen LogP contribution in [0.5, 0.6) is 0 Å². The molecule has 2 atom stereocenters. The third-order valence-electron chi connectivity index (χ3n) is 1.93. The van der Waals surface area contributed by atoms with Crippen LogP contribution in [-0.4, -0.2) is 30.4 Å². The van der Waals surface area contributed by atoms with Gasteiger partial charge < -0.3 is 14.8 Å². The van der Waals surface area contributed by atoms with Crippen LogP contribution in [0.1, 0.15) is 34.1 Å². The maximum Gasteiger partial charge on any atom is 0.407 e. The van der Waals surface area contributed by atoms with E-state index in [1.54, 1.807) is 0 Å². The van der Waals surface area contributed by atoms with Gasteiger partial charge in [0, 0.05) is 6.54 Å². The molecule has 82 valence electrons. The molecule has 1 aliphatic heterocycles. The van der Waals surface area contributed by atoms with Gasteiger partial charge in [-0.3, -0.25) is 0 Å². The van der Waals surface area contributed by atoms with Crippen molar-refractivity contribution in [2.24, 2.45) is 0 Å². The lowest BCUT2D eigenvalue weighted by Gasteiger charge is -2.19. The summed E-state index contributed by atoms with van der Waals surface area (Å²) in [6.07, 6.45) is 1.19. The van der Waals surface area contributed by atoms with Gasteiger partial charge in [0.25, 0.3) is 0 Å². The molecule has 2 unspecified atom stereocenters. The molecule has 14 heavy (non-hydrogen) atoms. The van der Waals surface area contributed by atoms with E-state index in [-0.39, 0.29) is 6.09 Å². The molecule has 0 bridgehead atoms. The molecule has 1 fully saturated rings. The highest BCUT2D eigenvalue weighted by molar-refractivity contribution is 5.67. The van der Waals surface area contributed by atoms with Crippen LogP contribution in [-0.2, 0) is 9.47 Å². The molecular formula is C10H19NO3. The zero-order chi connectivity index (χ0) is 10.8. The fourth-order valence-corrected chi connectivity index (χ4v) is 1.16. The summed E-state index contributed by atoms with van der Waals surface area (Å²) in [6.45, 7) is 8.18. The number of carbonyl (C=O) groups is 1. The Morgan fingerprint density at radius 1 is 1.50 bits per heavy atom. The number of alkyl carbamates (subject to hydrolysis) is 1. The predicted octanol–water partition coefficient (Wildman–Crippen LogP) is 1.69. The van der Waals surface area contributed by atoms with Crippen LogP contribution in [0, 0.1) is 0 Å². The fourth-order valence-electron chi connectivity index (χ4n) is 1.16. The van der Waals surface area contributed by atoms with Gasteiger partial charge in [-0.05, 0) is 34.1 Å². The highest BCUT2D eigenvalue weighted by Gasteiger charge is 2.33. The van der Waals surface area contributed by atoms with Crippen LogP contribution in [0.4, 0.5) is 4.79 Å². The van der Waals surface area contributed by atoms with Crippen LogP contribution in [0.3, 0.4) is 0 Å². The van der Waals surface area contributed by atoms with Gasteiger partial charge in [-0.25, -0.2) is 4.79 Å². The van der Waals surface area contributed by atoms with Crippen LogP contribution >= 0.6 is 0 Å². The maximum atomic E-state index is 11.2. The van der Waals surface area contributed by atoms with Crippen LogP contribution in [0.25, 0.3) is 0 Å². The number of amides is 1. The standard InChI is InChI=1S/C10H19NO3/c1-7-8(13-7)5-6-11-9(12)14-10(2,3)4/h7-8H,5-6H2,1-4H3,(H,11,12). The first-order chi connectivity index (χ1) is 6.38. The number of ether oxygens (including phenoxy) is 2. The summed E-state index contributed by atoms with van der Waals surface area (Å²) in [6, 6.07) is 0. The Morgan fingerprint density at radius 3 is 2.50 bits per heavy atom. The van der Waals surface area contributed by atoms with E-state index in [0.29, 0.717) is 18.8 Å². The molecule has 0 saturated carbocycles. The van der Waals surface area contributed by atoms with Crippen molar-refractivity contribution in [1.29, 1.82) is 0 Å². The number of hydrogen-bond acceptors (Lipinski definition) is 3.